The highest BCUT2D eigenvalue weighted by molar-refractivity contribution is 6.30. The first-order chi connectivity index (χ1) is 12.2. The van der Waals surface area contributed by atoms with E-state index in [4.69, 9.17) is 11.6 Å². The number of hydrogen-bond donors (Lipinski definition) is 2. The summed E-state index contributed by atoms with van der Waals surface area (Å²) in [5, 5.41) is 17.7. The van der Waals surface area contributed by atoms with Gasteiger partial charge in [0.2, 0.25) is 0 Å². The Balaban J connectivity index is 1.70. The second kappa shape index (κ2) is 8.20. The number of aliphatic hydroxyl groups is 1. The fourth-order valence-electron chi connectivity index (χ4n) is 2.59. The summed E-state index contributed by atoms with van der Waals surface area (Å²) in [6, 6.07) is 11.7. The molecule has 0 bridgehead atoms. The summed E-state index contributed by atoms with van der Waals surface area (Å²) < 4.78 is 14.6. The molecule has 3 rings (SSSR count). The van der Waals surface area contributed by atoms with Crippen molar-refractivity contribution in [3.63, 3.8) is 0 Å². The van der Waals surface area contributed by atoms with Crippen molar-refractivity contribution in [3.8, 4) is 5.69 Å². The van der Waals surface area contributed by atoms with Crippen LogP contribution in [0.5, 0.6) is 0 Å². The first-order valence-electron chi connectivity index (χ1n) is 7.88. The van der Waals surface area contributed by atoms with Crippen molar-refractivity contribution in [2.45, 2.75) is 19.0 Å². The Labute approximate surface area is 150 Å². The molecule has 7 heteroatoms. The standard InChI is InChI=1S/C18H18ClFN4O/c19-15-4-3-14(18(8-15)24-12-21-11-23-24)9-22-17(10-25)7-13-1-5-16(20)6-2-13/h1-6,8,11-12,17,22,25H,7,9-10H2/t17-/m0/s1. The minimum absolute atomic E-state index is 0.0242. The number of hydrogen-bond acceptors (Lipinski definition) is 4. The third-order valence-corrected chi connectivity index (χ3v) is 4.14. The molecule has 1 aromatic heterocycles. The lowest BCUT2D eigenvalue weighted by Crippen LogP contribution is -2.34. The summed E-state index contributed by atoms with van der Waals surface area (Å²) >= 11 is 6.09. The smallest absolute Gasteiger partial charge is 0.138 e. The Hall–Kier alpha value is -2.28. The van der Waals surface area contributed by atoms with Gasteiger partial charge < -0.3 is 10.4 Å². The van der Waals surface area contributed by atoms with E-state index in [9.17, 15) is 9.50 Å². The van der Waals surface area contributed by atoms with Gasteiger partial charge in [0.25, 0.3) is 0 Å². The lowest BCUT2D eigenvalue weighted by atomic mass is 10.1. The average molecular weight is 361 g/mol. The number of nitrogens with zero attached hydrogens (tertiary/aromatic N) is 3. The fraction of sp³-hybridized carbons (Fsp3) is 0.222. The van der Waals surface area contributed by atoms with E-state index >= 15 is 0 Å². The quantitative estimate of drug-likeness (QED) is 0.680. The zero-order chi connectivity index (χ0) is 17.6. The Bertz CT molecular complexity index is 808. The molecular formula is C18H18ClFN4O. The topological polar surface area (TPSA) is 63.0 Å². The number of nitrogens with one attached hydrogen (secondary N) is 1. The molecule has 0 aliphatic heterocycles. The lowest BCUT2D eigenvalue weighted by molar-refractivity contribution is 0.240. The van der Waals surface area contributed by atoms with E-state index in [0.29, 0.717) is 18.0 Å². The normalized spacial score (nSPS) is 12.3. The zero-order valence-electron chi connectivity index (χ0n) is 13.4. The van der Waals surface area contributed by atoms with Gasteiger partial charge >= 0.3 is 0 Å². The van der Waals surface area contributed by atoms with Crippen molar-refractivity contribution in [2.75, 3.05) is 6.61 Å². The molecule has 0 saturated carbocycles. The molecule has 0 aliphatic carbocycles. The molecule has 1 atom stereocenters. The number of rotatable bonds is 7. The lowest BCUT2D eigenvalue weighted by Gasteiger charge is -2.18. The highest BCUT2D eigenvalue weighted by Gasteiger charge is 2.11. The molecule has 1 heterocycles. The van der Waals surface area contributed by atoms with E-state index in [1.165, 1.54) is 18.5 Å². The molecule has 0 unspecified atom stereocenters. The number of benzene rings is 2. The van der Waals surface area contributed by atoms with Gasteiger partial charge in [-0.05, 0) is 41.8 Å². The first-order valence-corrected chi connectivity index (χ1v) is 8.25. The number of aromatic nitrogens is 3. The third kappa shape index (κ3) is 4.63. The molecule has 0 radical (unpaired) electrons. The molecule has 5 nitrogen and oxygen atoms in total. The van der Waals surface area contributed by atoms with Crippen LogP contribution in [0.4, 0.5) is 4.39 Å². The summed E-state index contributed by atoms with van der Waals surface area (Å²) in [4.78, 5) is 3.96. The highest BCUT2D eigenvalue weighted by atomic mass is 35.5. The van der Waals surface area contributed by atoms with Crippen LogP contribution < -0.4 is 5.32 Å². The predicted octanol–water partition coefficient (Wildman–Crippen LogP) is 2.75. The second-order valence-electron chi connectivity index (χ2n) is 5.70. The van der Waals surface area contributed by atoms with Crippen molar-refractivity contribution in [1.29, 1.82) is 0 Å². The monoisotopic (exact) mass is 360 g/mol. The Morgan fingerprint density at radius 2 is 2.00 bits per heavy atom. The van der Waals surface area contributed by atoms with Crippen LogP contribution in [0.3, 0.4) is 0 Å². The third-order valence-electron chi connectivity index (χ3n) is 3.91. The summed E-state index contributed by atoms with van der Waals surface area (Å²) in [7, 11) is 0. The second-order valence-corrected chi connectivity index (χ2v) is 6.14. The fourth-order valence-corrected chi connectivity index (χ4v) is 2.76. The van der Waals surface area contributed by atoms with Crippen molar-refractivity contribution in [1.82, 2.24) is 20.1 Å². The highest BCUT2D eigenvalue weighted by Crippen LogP contribution is 2.19. The summed E-state index contributed by atoms with van der Waals surface area (Å²) in [5.74, 6) is -0.268. The summed E-state index contributed by atoms with van der Waals surface area (Å²) in [6.45, 7) is 0.502. The van der Waals surface area contributed by atoms with Crippen LogP contribution in [0.25, 0.3) is 5.69 Å². The van der Waals surface area contributed by atoms with E-state index in [-0.39, 0.29) is 18.5 Å². The minimum Gasteiger partial charge on any atom is -0.395 e. The van der Waals surface area contributed by atoms with Crippen LogP contribution in [0.2, 0.25) is 5.02 Å². The van der Waals surface area contributed by atoms with Crippen LogP contribution in [0.1, 0.15) is 11.1 Å². The van der Waals surface area contributed by atoms with Gasteiger partial charge in [-0.2, -0.15) is 5.10 Å². The average Bonchev–Trinajstić information content (AvgIpc) is 3.15. The van der Waals surface area contributed by atoms with E-state index in [1.807, 2.05) is 18.2 Å². The van der Waals surface area contributed by atoms with Crippen LogP contribution in [0, 0.1) is 5.82 Å². The van der Waals surface area contributed by atoms with Gasteiger partial charge in [-0.1, -0.05) is 29.8 Å². The van der Waals surface area contributed by atoms with Crippen LogP contribution in [-0.4, -0.2) is 32.5 Å². The predicted molar refractivity (Wildman–Crippen MR) is 94.2 cm³/mol. The van der Waals surface area contributed by atoms with Gasteiger partial charge in [-0.3, -0.25) is 0 Å². The molecule has 0 spiro atoms. The number of aliphatic hydroxyl groups excluding tert-OH is 1. The van der Waals surface area contributed by atoms with E-state index in [2.05, 4.69) is 15.4 Å². The molecular weight excluding hydrogens is 343 g/mol. The molecule has 0 amide bonds. The minimum atomic E-state index is -0.268. The van der Waals surface area contributed by atoms with Gasteiger partial charge in [0.05, 0.1) is 12.3 Å². The van der Waals surface area contributed by atoms with E-state index < -0.39 is 0 Å². The zero-order valence-corrected chi connectivity index (χ0v) is 14.2. The molecule has 2 N–H and O–H groups in total. The number of halogens is 2. The first kappa shape index (κ1) is 17.5. The maximum atomic E-state index is 13.0. The van der Waals surface area contributed by atoms with Crippen LogP contribution in [0.15, 0.2) is 55.1 Å². The van der Waals surface area contributed by atoms with E-state index in [0.717, 1.165) is 16.8 Å². The summed E-state index contributed by atoms with van der Waals surface area (Å²) in [6.07, 6.45) is 3.67. The Morgan fingerprint density at radius 3 is 2.68 bits per heavy atom. The summed E-state index contributed by atoms with van der Waals surface area (Å²) in [5.41, 5.74) is 2.77. The van der Waals surface area contributed by atoms with Crippen LogP contribution >= 0.6 is 11.6 Å². The van der Waals surface area contributed by atoms with Crippen molar-refractivity contribution < 1.29 is 9.50 Å². The maximum absolute atomic E-state index is 13.0. The molecule has 0 saturated heterocycles. The van der Waals surface area contributed by atoms with Gasteiger partial charge in [0.15, 0.2) is 0 Å². The maximum Gasteiger partial charge on any atom is 0.138 e. The van der Waals surface area contributed by atoms with Gasteiger partial charge in [0, 0.05) is 17.6 Å². The molecule has 3 aromatic rings. The Morgan fingerprint density at radius 1 is 1.20 bits per heavy atom. The van der Waals surface area contributed by atoms with Crippen molar-refractivity contribution >= 4 is 11.6 Å². The van der Waals surface area contributed by atoms with Crippen molar-refractivity contribution in [3.05, 3.63) is 77.1 Å². The van der Waals surface area contributed by atoms with Gasteiger partial charge in [-0.15, -0.1) is 0 Å². The largest absolute Gasteiger partial charge is 0.395 e. The van der Waals surface area contributed by atoms with Gasteiger partial charge in [0.1, 0.15) is 18.5 Å². The molecule has 0 fully saturated rings. The van der Waals surface area contributed by atoms with Crippen LogP contribution in [-0.2, 0) is 13.0 Å². The molecule has 130 valence electrons. The van der Waals surface area contributed by atoms with Gasteiger partial charge in [-0.25, -0.2) is 14.1 Å². The van der Waals surface area contributed by atoms with Crippen molar-refractivity contribution in [2.24, 2.45) is 0 Å². The van der Waals surface area contributed by atoms with E-state index in [1.54, 1.807) is 23.1 Å². The molecule has 2 aromatic carbocycles. The molecule has 0 aliphatic rings. The Kier molecular flexibility index (Phi) is 5.75. The SMILES string of the molecule is OC[C@H](Cc1ccc(F)cc1)NCc1ccc(Cl)cc1-n1cncn1. The molecule has 25 heavy (non-hydrogen) atoms.